The van der Waals surface area contributed by atoms with Gasteiger partial charge < -0.3 is 20.4 Å². The lowest BCUT2D eigenvalue weighted by Gasteiger charge is -2.10. The van der Waals surface area contributed by atoms with Crippen molar-refractivity contribution in [2.75, 3.05) is 0 Å². The summed E-state index contributed by atoms with van der Waals surface area (Å²) >= 11 is 0. The van der Waals surface area contributed by atoms with Crippen LogP contribution in [0.3, 0.4) is 0 Å². The van der Waals surface area contributed by atoms with Crippen LogP contribution in [0.15, 0.2) is 24.3 Å². The first-order valence-corrected chi connectivity index (χ1v) is 6.41. The van der Waals surface area contributed by atoms with E-state index in [1.807, 2.05) is 0 Å². The van der Waals surface area contributed by atoms with Crippen LogP contribution in [0.1, 0.15) is 22.3 Å². The molecule has 20 heavy (non-hydrogen) atoms. The fourth-order valence-electron chi connectivity index (χ4n) is 2.12. The van der Waals surface area contributed by atoms with Gasteiger partial charge in [-0.05, 0) is 73.2 Å². The third-order valence-electron chi connectivity index (χ3n) is 3.46. The molecule has 0 bridgehead atoms. The second-order valence-electron chi connectivity index (χ2n) is 5.03. The summed E-state index contributed by atoms with van der Waals surface area (Å²) in [5, 5.41) is 39.0. The van der Waals surface area contributed by atoms with Gasteiger partial charge in [-0.15, -0.1) is 0 Å². The maximum atomic E-state index is 9.84. The Morgan fingerprint density at radius 1 is 0.600 bits per heavy atom. The summed E-state index contributed by atoms with van der Waals surface area (Å²) in [6.45, 7) is 3.42. The predicted octanol–water partition coefficient (Wildman–Crippen LogP) is 2.91. The summed E-state index contributed by atoms with van der Waals surface area (Å²) in [5.41, 5.74) is 2.43. The number of aromatic hydroxyl groups is 4. The van der Waals surface area contributed by atoms with E-state index in [1.165, 1.54) is 24.3 Å². The van der Waals surface area contributed by atoms with Crippen LogP contribution < -0.4 is 0 Å². The number of benzene rings is 2. The van der Waals surface area contributed by atoms with Gasteiger partial charge in [0.15, 0.2) is 0 Å². The normalized spacial score (nSPS) is 10.7. The maximum Gasteiger partial charge on any atom is 0.119 e. The summed E-state index contributed by atoms with van der Waals surface area (Å²) in [6, 6.07) is 6.07. The maximum absolute atomic E-state index is 9.84. The lowest BCUT2D eigenvalue weighted by molar-refractivity contribution is 0.446. The van der Waals surface area contributed by atoms with E-state index < -0.39 is 0 Å². The minimum atomic E-state index is 0.121. The molecule has 0 unspecified atom stereocenters. The van der Waals surface area contributed by atoms with Crippen LogP contribution in [0.4, 0.5) is 0 Å². The summed E-state index contributed by atoms with van der Waals surface area (Å²) in [7, 11) is 0. The molecule has 0 aliphatic rings. The third-order valence-corrected chi connectivity index (χ3v) is 3.46. The van der Waals surface area contributed by atoms with Crippen LogP contribution in [-0.4, -0.2) is 20.4 Å². The topological polar surface area (TPSA) is 80.9 Å². The van der Waals surface area contributed by atoms with E-state index in [-0.39, 0.29) is 23.0 Å². The number of phenolic OH excluding ortho intramolecular Hbond substituents is 4. The predicted molar refractivity (Wildman–Crippen MR) is 76.4 cm³/mol. The third kappa shape index (κ3) is 2.79. The van der Waals surface area contributed by atoms with Crippen molar-refractivity contribution in [2.45, 2.75) is 26.7 Å². The van der Waals surface area contributed by atoms with E-state index in [4.69, 9.17) is 0 Å². The standard InChI is InChI=1S/C16H18O4/c1-9-5-15(19)11(7-13(9)17)3-4-12-8-14(18)10(2)6-16(12)20/h5-8,17-20H,3-4H2,1-2H3. The second-order valence-corrected chi connectivity index (χ2v) is 5.03. The molecule has 0 aliphatic heterocycles. The van der Waals surface area contributed by atoms with Crippen molar-refractivity contribution in [2.24, 2.45) is 0 Å². The van der Waals surface area contributed by atoms with Crippen molar-refractivity contribution < 1.29 is 20.4 Å². The van der Waals surface area contributed by atoms with E-state index in [0.29, 0.717) is 35.1 Å². The summed E-state index contributed by atoms with van der Waals surface area (Å²) in [6.07, 6.45) is 0.908. The molecule has 2 aromatic rings. The van der Waals surface area contributed by atoms with Gasteiger partial charge in [-0.2, -0.15) is 0 Å². The number of rotatable bonds is 3. The summed E-state index contributed by atoms with van der Waals surface area (Å²) in [4.78, 5) is 0. The molecule has 0 aliphatic carbocycles. The quantitative estimate of drug-likeness (QED) is 0.649. The zero-order valence-electron chi connectivity index (χ0n) is 11.5. The minimum Gasteiger partial charge on any atom is -0.508 e. The molecule has 0 atom stereocenters. The van der Waals surface area contributed by atoms with Gasteiger partial charge in [-0.1, -0.05) is 0 Å². The molecule has 4 heteroatoms. The first-order chi connectivity index (χ1) is 9.38. The van der Waals surface area contributed by atoms with Gasteiger partial charge >= 0.3 is 0 Å². The average Bonchev–Trinajstić information content (AvgIpc) is 2.37. The van der Waals surface area contributed by atoms with Crippen LogP contribution in [0, 0.1) is 13.8 Å². The van der Waals surface area contributed by atoms with Crippen LogP contribution in [0.25, 0.3) is 0 Å². The summed E-state index contributed by atoms with van der Waals surface area (Å²) in [5.74, 6) is 0.509. The highest BCUT2D eigenvalue weighted by Gasteiger charge is 2.10. The van der Waals surface area contributed by atoms with Crippen molar-refractivity contribution in [3.63, 3.8) is 0 Å². The molecular formula is C16H18O4. The smallest absolute Gasteiger partial charge is 0.119 e. The number of aryl methyl sites for hydroxylation is 4. The van der Waals surface area contributed by atoms with Crippen LogP contribution in [-0.2, 0) is 12.8 Å². The van der Waals surface area contributed by atoms with Gasteiger partial charge in [-0.3, -0.25) is 0 Å². The molecule has 0 heterocycles. The number of hydrogen-bond donors (Lipinski definition) is 4. The average molecular weight is 274 g/mol. The molecule has 0 saturated heterocycles. The first kappa shape index (κ1) is 14.1. The molecule has 4 nitrogen and oxygen atoms in total. The van der Waals surface area contributed by atoms with E-state index in [1.54, 1.807) is 13.8 Å². The molecule has 106 valence electrons. The second kappa shape index (κ2) is 5.33. The van der Waals surface area contributed by atoms with Crippen LogP contribution in [0.5, 0.6) is 23.0 Å². The van der Waals surface area contributed by atoms with Crippen molar-refractivity contribution >= 4 is 0 Å². The van der Waals surface area contributed by atoms with E-state index in [2.05, 4.69) is 0 Å². The van der Waals surface area contributed by atoms with Crippen molar-refractivity contribution in [3.05, 3.63) is 46.5 Å². The van der Waals surface area contributed by atoms with Gasteiger partial charge in [0.2, 0.25) is 0 Å². The Labute approximate surface area is 117 Å². The lowest BCUT2D eigenvalue weighted by Crippen LogP contribution is -1.94. The molecule has 0 aromatic heterocycles. The first-order valence-electron chi connectivity index (χ1n) is 6.41. The Morgan fingerprint density at radius 2 is 0.950 bits per heavy atom. The van der Waals surface area contributed by atoms with Gasteiger partial charge in [0.05, 0.1) is 0 Å². The van der Waals surface area contributed by atoms with E-state index in [9.17, 15) is 20.4 Å². The molecule has 4 N–H and O–H groups in total. The fourth-order valence-corrected chi connectivity index (χ4v) is 2.12. The van der Waals surface area contributed by atoms with Gasteiger partial charge in [0.1, 0.15) is 23.0 Å². The highest BCUT2D eigenvalue weighted by molar-refractivity contribution is 5.47. The van der Waals surface area contributed by atoms with Gasteiger partial charge in [0, 0.05) is 0 Å². The fraction of sp³-hybridized carbons (Fsp3) is 0.250. The highest BCUT2D eigenvalue weighted by Crippen LogP contribution is 2.30. The highest BCUT2D eigenvalue weighted by atomic mass is 16.3. The molecule has 0 amide bonds. The van der Waals surface area contributed by atoms with Crippen molar-refractivity contribution in [1.29, 1.82) is 0 Å². The van der Waals surface area contributed by atoms with Crippen LogP contribution >= 0.6 is 0 Å². The molecular weight excluding hydrogens is 256 g/mol. The van der Waals surface area contributed by atoms with E-state index in [0.717, 1.165) is 0 Å². The Balaban J connectivity index is 2.21. The lowest BCUT2D eigenvalue weighted by atomic mass is 10.00. The molecule has 2 rings (SSSR count). The number of phenols is 4. The summed E-state index contributed by atoms with van der Waals surface area (Å²) < 4.78 is 0. The zero-order chi connectivity index (χ0) is 14.9. The van der Waals surface area contributed by atoms with Gasteiger partial charge in [0.25, 0.3) is 0 Å². The Hall–Kier alpha value is -2.36. The Kier molecular flexibility index (Phi) is 3.74. The SMILES string of the molecule is Cc1cc(O)c(CCc2cc(O)c(C)cc2O)cc1O. The minimum absolute atomic E-state index is 0.121. The van der Waals surface area contributed by atoms with Crippen LogP contribution in [0.2, 0.25) is 0 Å². The monoisotopic (exact) mass is 274 g/mol. The molecule has 0 saturated carbocycles. The largest absolute Gasteiger partial charge is 0.508 e. The molecule has 2 aromatic carbocycles. The Bertz CT molecular complexity index is 590. The molecule has 0 fully saturated rings. The van der Waals surface area contributed by atoms with Crippen molar-refractivity contribution in [1.82, 2.24) is 0 Å². The molecule has 0 spiro atoms. The zero-order valence-corrected chi connectivity index (χ0v) is 11.5. The van der Waals surface area contributed by atoms with Crippen molar-refractivity contribution in [3.8, 4) is 23.0 Å². The number of hydrogen-bond acceptors (Lipinski definition) is 4. The Morgan fingerprint density at radius 3 is 1.30 bits per heavy atom. The van der Waals surface area contributed by atoms with E-state index >= 15 is 0 Å². The molecule has 0 radical (unpaired) electrons. The van der Waals surface area contributed by atoms with Gasteiger partial charge in [-0.25, -0.2) is 0 Å².